The molecular formula is C16H28O7. The van der Waals surface area contributed by atoms with Crippen LogP contribution in [0.15, 0.2) is 23.3 Å². The molecule has 0 aromatic rings. The van der Waals surface area contributed by atoms with Crippen molar-refractivity contribution in [3.05, 3.63) is 23.3 Å². The molecule has 1 unspecified atom stereocenters. The molecule has 0 aromatic carbocycles. The number of rotatable bonds is 7. The van der Waals surface area contributed by atoms with E-state index in [-0.39, 0.29) is 6.61 Å². The molecule has 7 nitrogen and oxygen atoms in total. The second-order valence-electron chi connectivity index (χ2n) is 6.01. The first kappa shape index (κ1) is 20.2. The predicted octanol–water partition coefficient (Wildman–Crippen LogP) is -0.534. The van der Waals surface area contributed by atoms with E-state index in [0.717, 1.165) is 5.57 Å². The van der Waals surface area contributed by atoms with E-state index in [1.807, 2.05) is 19.9 Å². The predicted molar refractivity (Wildman–Crippen MR) is 83.5 cm³/mol. The zero-order valence-corrected chi connectivity index (χ0v) is 13.8. The van der Waals surface area contributed by atoms with Crippen LogP contribution in [0.4, 0.5) is 0 Å². The number of allylic oxidation sites excluding steroid dienone is 1. The first-order valence-electron chi connectivity index (χ1n) is 7.68. The summed E-state index contributed by atoms with van der Waals surface area (Å²) in [5.41, 5.74) is 1.83. The Balaban J connectivity index is 2.53. The fourth-order valence-electron chi connectivity index (χ4n) is 2.15. The Morgan fingerprint density at radius 1 is 1.09 bits per heavy atom. The molecule has 1 rings (SSSR count). The van der Waals surface area contributed by atoms with Crippen LogP contribution in [0.2, 0.25) is 0 Å². The molecule has 0 amide bonds. The molecule has 1 heterocycles. The van der Waals surface area contributed by atoms with Crippen LogP contribution in [0.1, 0.15) is 27.2 Å². The largest absolute Gasteiger partial charge is 0.394 e. The van der Waals surface area contributed by atoms with Gasteiger partial charge in [-0.1, -0.05) is 17.7 Å². The standard InChI is InChI=1S/C16H28O7/c1-9(2)4-5-11(18)10(3)6-7-22-16-15(21)14(20)13(19)12(8-17)23-16/h4,6,11-21H,5,7-8H2,1-3H3/t11?,12-,13-,14+,15-,16-/m1/s1. The zero-order valence-electron chi connectivity index (χ0n) is 13.8. The van der Waals surface area contributed by atoms with Crippen LogP contribution in [-0.2, 0) is 9.47 Å². The molecule has 0 aromatic heterocycles. The summed E-state index contributed by atoms with van der Waals surface area (Å²) in [5.74, 6) is 0. The Morgan fingerprint density at radius 2 is 1.74 bits per heavy atom. The number of ether oxygens (including phenoxy) is 2. The number of hydrogen-bond donors (Lipinski definition) is 5. The topological polar surface area (TPSA) is 120 Å². The molecule has 0 radical (unpaired) electrons. The Kier molecular flexibility index (Phi) is 8.35. The molecule has 1 aliphatic rings. The van der Waals surface area contributed by atoms with Crippen molar-refractivity contribution in [2.24, 2.45) is 0 Å². The smallest absolute Gasteiger partial charge is 0.187 e. The molecule has 1 saturated heterocycles. The van der Waals surface area contributed by atoms with Gasteiger partial charge in [-0.15, -0.1) is 0 Å². The van der Waals surface area contributed by atoms with Crippen LogP contribution in [0.25, 0.3) is 0 Å². The van der Waals surface area contributed by atoms with E-state index in [4.69, 9.17) is 14.6 Å². The Morgan fingerprint density at radius 3 is 2.30 bits per heavy atom. The molecule has 134 valence electrons. The molecule has 0 aliphatic carbocycles. The first-order chi connectivity index (χ1) is 10.8. The minimum Gasteiger partial charge on any atom is -0.394 e. The van der Waals surface area contributed by atoms with Gasteiger partial charge in [0.05, 0.1) is 19.3 Å². The monoisotopic (exact) mass is 332 g/mol. The molecule has 6 atom stereocenters. The van der Waals surface area contributed by atoms with Gasteiger partial charge in [0.15, 0.2) is 6.29 Å². The van der Waals surface area contributed by atoms with Crippen LogP contribution >= 0.6 is 0 Å². The summed E-state index contributed by atoms with van der Waals surface area (Å²) in [7, 11) is 0. The summed E-state index contributed by atoms with van der Waals surface area (Å²) in [4.78, 5) is 0. The minimum absolute atomic E-state index is 0.0560. The normalized spacial score (nSPS) is 33.4. The number of aliphatic hydroxyl groups excluding tert-OH is 5. The van der Waals surface area contributed by atoms with Gasteiger partial charge in [-0.25, -0.2) is 0 Å². The van der Waals surface area contributed by atoms with Gasteiger partial charge < -0.3 is 35.0 Å². The van der Waals surface area contributed by atoms with Gasteiger partial charge in [-0.3, -0.25) is 0 Å². The van der Waals surface area contributed by atoms with Crippen molar-refractivity contribution in [2.45, 2.75) is 64.0 Å². The van der Waals surface area contributed by atoms with Gasteiger partial charge in [0.25, 0.3) is 0 Å². The van der Waals surface area contributed by atoms with E-state index in [1.54, 1.807) is 13.0 Å². The summed E-state index contributed by atoms with van der Waals surface area (Å²) in [6, 6.07) is 0. The third-order valence-electron chi connectivity index (χ3n) is 3.79. The lowest BCUT2D eigenvalue weighted by Gasteiger charge is -2.39. The summed E-state index contributed by atoms with van der Waals surface area (Å²) in [5, 5.41) is 48.2. The SMILES string of the molecule is CC(C)=CCC(O)C(C)=CCO[C@@H]1O[C@H](CO)[C@@H](O)[C@H](O)[C@H]1O. The Labute approximate surface area is 136 Å². The van der Waals surface area contributed by atoms with E-state index in [0.29, 0.717) is 12.0 Å². The second kappa shape index (κ2) is 9.48. The highest BCUT2D eigenvalue weighted by Crippen LogP contribution is 2.22. The highest BCUT2D eigenvalue weighted by molar-refractivity contribution is 5.08. The third-order valence-corrected chi connectivity index (χ3v) is 3.79. The third kappa shape index (κ3) is 5.96. The summed E-state index contributed by atoms with van der Waals surface area (Å²) in [6.07, 6.45) is -2.97. The van der Waals surface area contributed by atoms with Crippen molar-refractivity contribution in [1.82, 2.24) is 0 Å². The lowest BCUT2D eigenvalue weighted by molar-refractivity contribution is -0.298. The highest BCUT2D eigenvalue weighted by Gasteiger charge is 2.43. The van der Waals surface area contributed by atoms with Gasteiger partial charge in [0.2, 0.25) is 0 Å². The van der Waals surface area contributed by atoms with Crippen LogP contribution in [-0.4, -0.2) is 75.6 Å². The summed E-state index contributed by atoms with van der Waals surface area (Å²) < 4.78 is 10.6. The van der Waals surface area contributed by atoms with Crippen molar-refractivity contribution in [1.29, 1.82) is 0 Å². The van der Waals surface area contributed by atoms with Gasteiger partial charge in [-0.2, -0.15) is 0 Å². The maximum atomic E-state index is 9.96. The minimum atomic E-state index is -1.46. The molecule has 0 spiro atoms. The average molecular weight is 332 g/mol. The number of hydrogen-bond acceptors (Lipinski definition) is 7. The van der Waals surface area contributed by atoms with Crippen LogP contribution in [0.5, 0.6) is 0 Å². The van der Waals surface area contributed by atoms with Crippen molar-refractivity contribution >= 4 is 0 Å². The lowest BCUT2D eigenvalue weighted by Crippen LogP contribution is -2.59. The molecule has 7 heteroatoms. The van der Waals surface area contributed by atoms with Gasteiger partial charge in [0, 0.05) is 0 Å². The van der Waals surface area contributed by atoms with Gasteiger partial charge in [0.1, 0.15) is 24.4 Å². The Hall–Kier alpha value is -0.800. The quantitative estimate of drug-likeness (QED) is 0.397. The molecular weight excluding hydrogens is 304 g/mol. The van der Waals surface area contributed by atoms with E-state index in [1.165, 1.54) is 0 Å². The van der Waals surface area contributed by atoms with Crippen LogP contribution in [0, 0.1) is 0 Å². The van der Waals surface area contributed by atoms with Crippen LogP contribution < -0.4 is 0 Å². The van der Waals surface area contributed by atoms with E-state index >= 15 is 0 Å². The zero-order chi connectivity index (χ0) is 17.6. The van der Waals surface area contributed by atoms with E-state index in [2.05, 4.69) is 0 Å². The van der Waals surface area contributed by atoms with Gasteiger partial charge >= 0.3 is 0 Å². The van der Waals surface area contributed by atoms with E-state index < -0.39 is 43.4 Å². The molecule has 0 saturated carbocycles. The summed E-state index contributed by atoms with van der Waals surface area (Å²) in [6.45, 7) is 5.23. The molecule has 5 N–H and O–H groups in total. The molecule has 1 fully saturated rings. The maximum Gasteiger partial charge on any atom is 0.187 e. The Bertz CT molecular complexity index is 415. The van der Waals surface area contributed by atoms with Crippen molar-refractivity contribution in [3.63, 3.8) is 0 Å². The highest BCUT2D eigenvalue weighted by atomic mass is 16.7. The fourth-order valence-corrected chi connectivity index (χ4v) is 2.15. The van der Waals surface area contributed by atoms with Crippen molar-refractivity contribution in [3.8, 4) is 0 Å². The maximum absolute atomic E-state index is 9.96. The fraction of sp³-hybridized carbons (Fsp3) is 0.750. The molecule has 0 bridgehead atoms. The van der Waals surface area contributed by atoms with Gasteiger partial charge in [-0.05, 0) is 32.8 Å². The average Bonchev–Trinajstić information content (AvgIpc) is 2.52. The van der Waals surface area contributed by atoms with E-state index in [9.17, 15) is 20.4 Å². The number of aliphatic hydroxyl groups is 5. The van der Waals surface area contributed by atoms with Crippen LogP contribution in [0.3, 0.4) is 0 Å². The molecule has 1 aliphatic heterocycles. The lowest BCUT2D eigenvalue weighted by atomic mass is 9.99. The molecule has 23 heavy (non-hydrogen) atoms. The van der Waals surface area contributed by atoms with Crippen molar-refractivity contribution < 1.29 is 35.0 Å². The second-order valence-corrected chi connectivity index (χ2v) is 6.01. The van der Waals surface area contributed by atoms with Crippen molar-refractivity contribution in [2.75, 3.05) is 13.2 Å². The first-order valence-corrected chi connectivity index (χ1v) is 7.68. The summed E-state index contributed by atoms with van der Waals surface area (Å²) >= 11 is 0.